The number of esters is 1. The van der Waals surface area contributed by atoms with Gasteiger partial charge in [0, 0.05) is 0 Å². The summed E-state index contributed by atoms with van der Waals surface area (Å²) in [5.74, 6) is 0.548. The fourth-order valence-electron chi connectivity index (χ4n) is 2.18. The normalized spacial score (nSPS) is 12.0. The number of anilines is 1. The molecule has 0 bridgehead atoms. The van der Waals surface area contributed by atoms with Crippen molar-refractivity contribution in [3.63, 3.8) is 0 Å². The van der Waals surface area contributed by atoms with E-state index >= 15 is 0 Å². The number of para-hydroxylation sites is 1. The van der Waals surface area contributed by atoms with Crippen LogP contribution in [0.25, 0.3) is 0 Å². The summed E-state index contributed by atoms with van der Waals surface area (Å²) in [7, 11) is 0. The van der Waals surface area contributed by atoms with E-state index in [0.29, 0.717) is 36.1 Å². The van der Waals surface area contributed by atoms with Gasteiger partial charge in [-0.15, -0.1) is 0 Å². The quantitative estimate of drug-likeness (QED) is 0.551. The Morgan fingerprint density at radius 3 is 2.67 bits per heavy atom. The molecule has 1 unspecified atom stereocenters. The van der Waals surface area contributed by atoms with E-state index in [1.54, 1.807) is 25.1 Å². The summed E-state index contributed by atoms with van der Waals surface area (Å²) in [5, 5.41) is 0. The molecule has 0 aliphatic carbocycles. The van der Waals surface area contributed by atoms with Crippen LogP contribution in [0, 0.1) is 5.92 Å². The SMILES string of the molecule is CCCCC(CC)COc1c(N)cccc1C(=O)OCC. The van der Waals surface area contributed by atoms with E-state index in [1.165, 1.54) is 12.8 Å². The van der Waals surface area contributed by atoms with Crippen LogP contribution in [0.2, 0.25) is 0 Å². The van der Waals surface area contributed by atoms with Crippen LogP contribution in [0.3, 0.4) is 0 Å². The minimum atomic E-state index is -0.388. The van der Waals surface area contributed by atoms with Gasteiger partial charge in [-0.2, -0.15) is 0 Å². The zero-order valence-electron chi connectivity index (χ0n) is 13.4. The van der Waals surface area contributed by atoms with Gasteiger partial charge in [-0.25, -0.2) is 4.79 Å². The second-order valence-electron chi connectivity index (χ2n) is 5.17. The molecule has 0 heterocycles. The topological polar surface area (TPSA) is 61.5 Å². The highest BCUT2D eigenvalue weighted by molar-refractivity contribution is 5.94. The molecule has 0 saturated carbocycles. The first-order valence-electron chi connectivity index (χ1n) is 7.82. The molecule has 0 radical (unpaired) electrons. The lowest BCUT2D eigenvalue weighted by Gasteiger charge is -2.18. The van der Waals surface area contributed by atoms with Crippen molar-refractivity contribution in [1.82, 2.24) is 0 Å². The third-order valence-corrected chi connectivity index (χ3v) is 3.55. The molecule has 1 aromatic rings. The molecule has 0 saturated heterocycles. The molecule has 4 heteroatoms. The monoisotopic (exact) mass is 293 g/mol. The summed E-state index contributed by atoms with van der Waals surface area (Å²) < 4.78 is 10.9. The van der Waals surface area contributed by atoms with Crippen LogP contribution in [0.15, 0.2) is 18.2 Å². The van der Waals surface area contributed by atoms with Crippen molar-refractivity contribution in [2.24, 2.45) is 5.92 Å². The number of unbranched alkanes of at least 4 members (excludes halogenated alkanes) is 1. The molecule has 1 rings (SSSR count). The van der Waals surface area contributed by atoms with Crippen molar-refractivity contribution in [2.45, 2.75) is 46.5 Å². The predicted molar refractivity (Wildman–Crippen MR) is 85.6 cm³/mol. The molecule has 21 heavy (non-hydrogen) atoms. The number of ether oxygens (including phenoxy) is 2. The fraction of sp³-hybridized carbons (Fsp3) is 0.588. The first-order valence-corrected chi connectivity index (χ1v) is 7.82. The Bertz CT molecular complexity index is 446. The minimum Gasteiger partial charge on any atom is -0.490 e. The zero-order chi connectivity index (χ0) is 15.7. The summed E-state index contributed by atoms with van der Waals surface area (Å²) in [6.45, 7) is 7.03. The summed E-state index contributed by atoms with van der Waals surface area (Å²) in [5.41, 5.74) is 6.83. The number of carbonyl (C=O) groups is 1. The van der Waals surface area contributed by atoms with Crippen LogP contribution < -0.4 is 10.5 Å². The Morgan fingerprint density at radius 2 is 2.05 bits per heavy atom. The van der Waals surface area contributed by atoms with Crippen molar-refractivity contribution in [3.05, 3.63) is 23.8 Å². The lowest BCUT2D eigenvalue weighted by molar-refractivity contribution is 0.0520. The van der Waals surface area contributed by atoms with Crippen molar-refractivity contribution >= 4 is 11.7 Å². The van der Waals surface area contributed by atoms with Crippen LogP contribution in [0.1, 0.15) is 56.8 Å². The summed E-state index contributed by atoms with van der Waals surface area (Å²) >= 11 is 0. The molecule has 0 spiro atoms. The van der Waals surface area contributed by atoms with Gasteiger partial charge in [-0.1, -0.05) is 39.2 Å². The lowest BCUT2D eigenvalue weighted by Crippen LogP contribution is -2.15. The fourth-order valence-corrected chi connectivity index (χ4v) is 2.18. The highest BCUT2D eigenvalue weighted by atomic mass is 16.5. The van der Waals surface area contributed by atoms with Gasteiger partial charge < -0.3 is 15.2 Å². The summed E-state index contributed by atoms with van der Waals surface area (Å²) in [4.78, 5) is 11.9. The maximum atomic E-state index is 11.9. The van der Waals surface area contributed by atoms with E-state index in [-0.39, 0.29) is 5.97 Å². The molecular weight excluding hydrogens is 266 g/mol. The second kappa shape index (κ2) is 9.27. The summed E-state index contributed by atoms with van der Waals surface area (Å²) in [6, 6.07) is 5.17. The Hall–Kier alpha value is -1.71. The van der Waals surface area contributed by atoms with Gasteiger partial charge in [0.15, 0.2) is 5.75 Å². The van der Waals surface area contributed by atoms with Gasteiger partial charge in [0.25, 0.3) is 0 Å². The average Bonchev–Trinajstić information content (AvgIpc) is 2.48. The van der Waals surface area contributed by atoms with Crippen molar-refractivity contribution in [2.75, 3.05) is 18.9 Å². The Morgan fingerprint density at radius 1 is 1.29 bits per heavy atom. The molecule has 4 nitrogen and oxygen atoms in total. The van der Waals surface area contributed by atoms with Gasteiger partial charge >= 0.3 is 5.97 Å². The Kier molecular flexibility index (Phi) is 7.65. The number of benzene rings is 1. The van der Waals surface area contributed by atoms with Crippen LogP contribution >= 0.6 is 0 Å². The zero-order valence-corrected chi connectivity index (χ0v) is 13.4. The first-order chi connectivity index (χ1) is 10.1. The van der Waals surface area contributed by atoms with Gasteiger partial charge in [0.1, 0.15) is 5.56 Å². The van der Waals surface area contributed by atoms with Crippen LogP contribution in [-0.2, 0) is 4.74 Å². The van der Waals surface area contributed by atoms with Crippen LogP contribution in [-0.4, -0.2) is 19.2 Å². The molecule has 0 amide bonds. The van der Waals surface area contributed by atoms with E-state index in [1.807, 2.05) is 0 Å². The van der Waals surface area contributed by atoms with Crippen molar-refractivity contribution in [3.8, 4) is 5.75 Å². The number of carbonyl (C=O) groups excluding carboxylic acids is 1. The highest BCUT2D eigenvalue weighted by Crippen LogP contribution is 2.28. The maximum absolute atomic E-state index is 11.9. The van der Waals surface area contributed by atoms with E-state index in [2.05, 4.69) is 13.8 Å². The van der Waals surface area contributed by atoms with E-state index < -0.39 is 0 Å². The van der Waals surface area contributed by atoms with Crippen molar-refractivity contribution < 1.29 is 14.3 Å². The van der Waals surface area contributed by atoms with Crippen LogP contribution in [0.4, 0.5) is 5.69 Å². The van der Waals surface area contributed by atoms with E-state index in [4.69, 9.17) is 15.2 Å². The highest BCUT2D eigenvalue weighted by Gasteiger charge is 2.17. The number of nitrogen functional groups attached to an aromatic ring is 1. The Labute approximate surface area is 127 Å². The third-order valence-electron chi connectivity index (χ3n) is 3.55. The summed E-state index contributed by atoms with van der Waals surface area (Å²) in [6.07, 6.45) is 4.56. The number of rotatable bonds is 9. The van der Waals surface area contributed by atoms with Gasteiger partial charge in [0.05, 0.1) is 18.9 Å². The minimum absolute atomic E-state index is 0.334. The average molecular weight is 293 g/mol. The number of nitrogens with two attached hydrogens (primary N) is 1. The van der Waals surface area contributed by atoms with E-state index in [9.17, 15) is 4.79 Å². The maximum Gasteiger partial charge on any atom is 0.341 e. The van der Waals surface area contributed by atoms with Gasteiger partial charge in [0.2, 0.25) is 0 Å². The van der Waals surface area contributed by atoms with Gasteiger partial charge in [-0.3, -0.25) is 0 Å². The van der Waals surface area contributed by atoms with Crippen LogP contribution in [0.5, 0.6) is 5.75 Å². The third kappa shape index (κ3) is 5.29. The lowest BCUT2D eigenvalue weighted by atomic mass is 10.0. The Balaban J connectivity index is 2.79. The molecule has 0 fully saturated rings. The number of hydrogen-bond donors (Lipinski definition) is 1. The van der Waals surface area contributed by atoms with Gasteiger partial charge in [-0.05, 0) is 31.4 Å². The molecule has 1 atom stereocenters. The standard InChI is InChI=1S/C17H27NO3/c1-4-7-9-13(5-2)12-21-16-14(17(19)20-6-3)10-8-11-15(16)18/h8,10-11,13H,4-7,9,12,18H2,1-3H3. The molecule has 2 N–H and O–H groups in total. The molecule has 0 aliphatic rings. The number of hydrogen-bond acceptors (Lipinski definition) is 4. The first kappa shape index (κ1) is 17.3. The molecule has 0 aliphatic heterocycles. The second-order valence-corrected chi connectivity index (χ2v) is 5.17. The van der Waals surface area contributed by atoms with E-state index in [0.717, 1.165) is 12.8 Å². The molecular formula is C17H27NO3. The molecule has 118 valence electrons. The molecule has 0 aromatic heterocycles. The molecule has 1 aromatic carbocycles. The largest absolute Gasteiger partial charge is 0.490 e. The van der Waals surface area contributed by atoms with Crippen molar-refractivity contribution in [1.29, 1.82) is 0 Å². The smallest absolute Gasteiger partial charge is 0.341 e. The predicted octanol–water partition coefficient (Wildman–Crippen LogP) is 4.04.